The molecule has 2 rings (SSSR count). The Bertz CT molecular complexity index is 779. The number of hydrogen-bond acceptors (Lipinski definition) is 4. The first-order valence-corrected chi connectivity index (χ1v) is 8.74. The van der Waals surface area contributed by atoms with Gasteiger partial charge >= 0.3 is 6.18 Å². The molecule has 0 aliphatic carbocycles. The van der Waals surface area contributed by atoms with Gasteiger partial charge in [0.05, 0.1) is 17.1 Å². The molecule has 0 fully saturated rings. The van der Waals surface area contributed by atoms with E-state index >= 15 is 0 Å². The van der Waals surface area contributed by atoms with Gasteiger partial charge in [0.25, 0.3) is 0 Å². The summed E-state index contributed by atoms with van der Waals surface area (Å²) < 4.78 is 69.6. The van der Waals surface area contributed by atoms with Crippen LogP contribution in [0.5, 0.6) is 0 Å². The van der Waals surface area contributed by atoms with Crippen LogP contribution in [0.1, 0.15) is 11.1 Å². The maximum Gasteiger partial charge on any atom is 0.416 e. The van der Waals surface area contributed by atoms with Crippen molar-refractivity contribution in [1.29, 1.82) is 0 Å². The van der Waals surface area contributed by atoms with Gasteiger partial charge in [-0.05, 0) is 35.9 Å². The molecule has 2 aromatic rings. The van der Waals surface area contributed by atoms with Crippen LogP contribution in [0.15, 0.2) is 53.7 Å². The van der Waals surface area contributed by atoms with Crippen LogP contribution in [0.3, 0.4) is 0 Å². The summed E-state index contributed by atoms with van der Waals surface area (Å²) in [6, 6.07) is 6.82. The smallest absolute Gasteiger partial charge is 0.383 e. The molecule has 25 heavy (non-hydrogen) atoms. The highest BCUT2D eigenvalue weighted by Crippen LogP contribution is 2.30. The Morgan fingerprint density at radius 2 is 1.84 bits per heavy atom. The van der Waals surface area contributed by atoms with Crippen molar-refractivity contribution in [2.45, 2.75) is 17.6 Å². The van der Waals surface area contributed by atoms with Crippen LogP contribution in [0, 0.1) is 0 Å². The first-order valence-electron chi connectivity index (χ1n) is 7.30. The molecule has 0 amide bonds. The molecule has 0 radical (unpaired) electrons. The number of aromatic nitrogens is 1. The molecular formula is C16H17F3N2O3S. The average Bonchev–Trinajstić information content (AvgIpc) is 2.58. The summed E-state index contributed by atoms with van der Waals surface area (Å²) in [5, 5.41) is 0. The Hall–Kier alpha value is -1.97. The van der Waals surface area contributed by atoms with E-state index in [2.05, 4.69) is 4.98 Å². The van der Waals surface area contributed by atoms with Gasteiger partial charge in [0, 0.05) is 32.6 Å². The zero-order valence-corrected chi connectivity index (χ0v) is 14.2. The number of pyridine rings is 1. The third-order valence-electron chi connectivity index (χ3n) is 3.45. The van der Waals surface area contributed by atoms with Gasteiger partial charge in [-0.1, -0.05) is 6.07 Å². The monoisotopic (exact) mass is 374 g/mol. The van der Waals surface area contributed by atoms with E-state index in [1.54, 1.807) is 18.3 Å². The molecule has 0 atom stereocenters. The van der Waals surface area contributed by atoms with Crippen molar-refractivity contribution >= 4 is 10.0 Å². The standard InChI is InChI=1S/C16H17F3N2O3S/c1-24-10-9-21(12-13-3-2-8-20-11-13)25(22,23)15-6-4-14(5-7-15)16(17,18)19/h2-8,11H,9-10,12H2,1H3. The molecule has 0 spiro atoms. The zero-order valence-electron chi connectivity index (χ0n) is 13.4. The second-order valence-corrected chi connectivity index (χ2v) is 7.15. The minimum atomic E-state index is -4.52. The number of methoxy groups -OCH3 is 1. The Kier molecular flexibility index (Phi) is 6.15. The van der Waals surface area contributed by atoms with E-state index in [9.17, 15) is 21.6 Å². The topological polar surface area (TPSA) is 59.5 Å². The highest BCUT2D eigenvalue weighted by atomic mass is 32.2. The molecule has 9 heteroatoms. The van der Waals surface area contributed by atoms with Gasteiger partial charge in [-0.2, -0.15) is 17.5 Å². The lowest BCUT2D eigenvalue weighted by atomic mass is 10.2. The predicted molar refractivity (Wildman–Crippen MR) is 85.2 cm³/mol. The highest BCUT2D eigenvalue weighted by molar-refractivity contribution is 7.89. The molecule has 0 N–H and O–H groups in total. The molecule has 1 aromatic carbocycles. The zero-order chi connectivity index (χ0) is 18.5. The average molecular weight is 374 g/mol. The fraction of sp³-hybridized carbons (Fsp3) is 0.312. The summed E-state index contributed by atoms with van der Waals surface area (Å²) in [6.45, 7) is 0.259. The van der Waals surface area contributed by atoms with Gasteiger partial charge in [-0.15, -0.1) is 0 Å². The van der Waals surface area contributed by atoms with Gasteiger partial charge < -0.3 is 4.74 Å². The number of ether oxygens (including phenoxy) is 1. The van der Waals surface area contributed by atoms with Gasteiger partial charge in [0.2, 0.25) is 10.0 Å². The highest BCUT2D eigenvalue weighted by Gasteiger charge is 2.31. The minimum absolute atomic E-state index is 0.0422. The van der Waals surface area contributed by atoms with Gasteiger partial charge in [0.1, 0.15) is 0 Å². The molecule has 0 bridgehead atoms. The van der Waals surface area contributed by atoms with Crippen molar-refractivity contribution in [1.82, 2.24) is 9.29 Å². The molecular weight excluding hydrogens is 357 g/mol. The minimum Gasteiger partial charge on any atom is -0.383 e. The number of alkyl halides is 3. The molecule has 1 heterocycles. The van der Waals surface area contributed by atoms with Crippen LogP contribution in [-0.4, -0.2) is 38.0 Å². The van der Waals surface area contributed by atoms with Crippen LogP contribution >= 0.6 is 0 Å². The van der Waals surface area contributed by atoms with Crippen LogP contribution in [0.25, 0.3) is 0 Å². The number of benzene rings is 1. The fourth-order valence-corrected chi connectivity index (χ4v) is 3.55. The first-order chi connectivity index (χ1) is 11.7. The number of sulfonamides is 1. The van der Waals surface area contributed by atoms with E-state index in [0.29, 0.717) is 5.56 Å². The summed E-state index contributed by atoms with van der Waals surface area (Å²) >= 11 is 0. The van der Waals surface area contributed by atoms with Crippen molar-refractivity contribution in [2.75, 3.05) is 20.3 Å². The quantitative estimate of drug-likeness (QED) is 0.748. The van der Waals surface area contributed by atoms with Crippen LogP contribution in [0.4, 0.5) is 13.2 Å². The normalized spacial score (nSPS) is 12.5. The van der Waals surface area contributed by atoms with Gasteiger partial charge in [-0.3, -0.25) is 4.98 Å². The molecule has 0 aliphatic rings. The largest absolute Gasteiger partial charge is 0.416 e. The van der Waals surface area contributed by atoms with Crippen molar-refractivity contribution < 1.29 is 26.3 Å². The number of rotatable bonds is 7. The Labute approximate surface area is 144 Å². The van der Waals surface area contributed by atoms with Crippen molar-refractivity contribution in [3.05, 3.63) is 59.9 Å². The lowest BCUT2D eigenvalue weighted by Gasteiger charge is -2.22. The summed E-state index contributed by atoms with van der Waals surface area (Å²) in [5.74, 6) is 0. The third-order valence-corrected chi connectivity index (χ3v) is 5.31. The summed E-state index contributed by atoms with van der Waals surface area (Å²) in [5.41, 5.74) is -0.240. The molecule has 5 nitrogen and oxygen atoms in total. The Morgan fingerprint density at radius 3 is 2.36 bits per heavy atom. The molecule has 1 aromatic heterocycles. The van der Waals surface area contributed by atoms with Crippen molar-refractivity contribution in [2.24, 2.45) is 0 Å². The maximum absolute atomic E-state index is 12.8. The first kappa shape index (κ1) is 19.4. The predicted octanol–water partition coefficient (Wildman–Crippen LogP) is 2.94. The van der Waals surface area contributed by atoms with Crippen LogP contribution in [-0.2, 0) is 27.5 Å². The van der Waals surface area contributed by atoms with E-state index in [0.717, 1.165) is 28.6 Å². The Balaban J connectivity index is 2.30. The summed E-state index contributed by atoms with van der Waals surface area (Å²) in [7, 11) is -2.54. The second-order valence-electron chi connectivity index (χ2n) is 5.21. The molecule has 0 saturated carbocycles. The van der Waals surface area contributed by atoms with E-state index in [1.165, 1.54) is 13.3 Å². The van der Waals surface area contributed by atoms with Crippen LogP contribution < -0.4 is 0 Å². The number of halogens is 3. The van der Waals surface area contributed by atoms with Gasteiger partial charge in [-0.25, -0.2) is 8.42 Å². The Morgan fingerprint density at radius 1 is 1.16 bits per heavy atom. The lowest BCUT2D eigenvalue weighted by molar-refractivity contribution is -0.137. The third kappa shape index (κ3) is 5.00. The van der Waals surface area contributed by atoms with E-state index in [1.807, 2.05) is 0 Å². The summed E-state index contributed by atoms with van der Waals surface area (Å²) in [6.07, 6.45) is -1.43. The molecule has 0 saturated heterocycles. The number of nitrogens with zero attached hydrogens (tertiary/aromatic N) is 2. The fourth-order valence-electron chi connectivity index (χ4n) is 2.14. The van der Waals surface area contributed by atoms with Crippen LogP contribution in [0.2, 0.25) is 0 Å². The maximum atomic E-state index is 12.8. The van der Waals surface area contributed by atoms with E-state index < -0.39 is 21.8 Å². The number of hydrogen-bond donors (Lipinski definition) is 0. The second kappa shape index (κ2) is 7.94. The molecule has 0 aliphatic heterocycles. The summed E-state index contributed by atoms with van der Waals surface area (Å²) in [4.78, 5) is 3.73. The molecule has 136 valence electrons. The van der Waals surface area contributed by atoms with Gasteiger partial charge in [0.15, 0.2) is 0 Å². The lowest BCUT2D eigenvalue weighted by Crippen LogP contribution is -2.33. The molecule has 0 unspecified atom stereocenters. The van der Waals surface area contributed by atoms with Crippen molar-refractivity contribution in [3.63, 3.8) is 0 Å². The van der Waals surface area contributed by atoms with Crippen molar-refractivity contribution in [3.8, 4) is 0 Å². The van der Waals surface area contributed by atoms with E-state index in [4.69, 9.17) is 4.74 Å². The SMILES string of the molecule is COCCN(Cc1cccnc1)S(=O)(=O)c1ccc(C(F)(F)F)cc1. The van der Waals surface area contributed by atoms with E-state index in [-0.39, 0.29) is 24.6 Å².